The molecule has 0 atom stereocenters. The Kier molecular flexibility index (Phi) is 7.26. The van der Waals surface area contributed by atoms with Crippen LogP contribution in [0.3, 0.4) is 0 Å². The van der Waals surface area contributed by atoms with E-state index in [0.717, 1.165) is 18.0 Å². The monoisotopic (exact) mass is 295 g/mol. The summed E-state index contributed by atoms with van der Waals surface area (Å²) < 4.78 is 40.3. The van der Waals surface area contributed by atoms with E-state index in [1.54, 1.807) is 0 Å². The molecule has 0 spiro atoms. The van der Waals surface area contributed by atoms with Crippen LogP contribution in [0.4, 0.5) is 13.4 Å². The maximum atomic E-state index is 14.5. The SMILES string of the molecule is CC.CN(CC1(F)CCN(F)CC1)C1CCN(F)CC1. The lowest BCUT2D eigenvalue weighted by molar-refractivity contribution is -0.0658. The first kappa shape index (κ1) is 17.7. The second-order valence-corrected chi connectivity index (χ2v) is 5.62. The van der Waals surface area contributed by atoms with Crippen molar-refractivity contribution in [3.05, 3.63) is 0 Å². The van der Waals surface area contributed by atoms with Gasteiger partial charge in [0.25, 0.3) is 0 Å². The van der Waals surface area contributed by atoms with Crippen LogP contribution in [-0.2, 0) is 0 Å². The molecule has 0 aromatic carbocycles. The molecule has 2 rings (SSSR count). The van der Waals surface area contributed by atoms with Crippen molar-refractivity contribution in [2.45, 2.75) is 51.2 Å². The van der Waals surface area contributed by atoms with Gasteiger partial charge in [0.2, 0.25) is 0 Å². The van der Waals surface area contributed by atoms with Crippen molar-refractivity contribution in [2.75, 3.05) is 39.8 Å². The molecule has 0 amide bonds. The Bertz CT molecular complexity index is 262. The molecule has 2 aliphatic rings. The maximum absolute atomic E-state index is 14.5. The van der Waals surface area contributed by atoms with E-state index in [9.17, 15) is 13.4 Å². The van der Waals surface area contributed by atoms with Crippen LogP contribution in [0.2, 0.25) is 0 Å². The van der Waals surface area contributed by atoms with E-state index in [4.69, 9.17) is 0 Å². The van der Waals surface area contributed by atoms with E-state index in [1.807, 2.05) is 25.8 Å². The quantitative estimate of drug-likeness (QED) is 0.741. The number of halogens is 3. The lowest BCUT2D eigenvalue weighted by Crippen LogP contribution is -2.50. The van der Waals surface area contributed by atoms with Gasteiger partial charge in [-0.1, -0.05) is 13.8 Å². The number of alkyl halides is 1. The van der Waals surface area contributed by atoms with E-state index in [2.05, 4.69) is 0 Å². The Balaban J connectivity index is 0.000000956. The van der Waals surface area contributed by atoms with Crippen LogP contribution < -0.4 is 0 Å². The third-order valence-electron chi connectivity index (χ3n) is 4.17. The summed E-state index contributed by atoms with van der Waals surface area (Å²) in [5, 5.41) is 1.50. The molecule has 0 N–H and O–H groups in total. The predicted octanol–water partition coefficient (Wildman–Crippen LogP) is 2.98. The summed E-state index contributed by atoms with van der Waals surface area (Å²) in [6.07, 6.45) is 1.96. The largest absolute Gasteiger partial charge is 0.300 e. The fourth-order valence-electron chi connectivity index (χ4n) is 2.89. The van der Waals surface area contributed by atoms with Crippen LogP contribution in [0.5, 0.6) is 0 Å². The minimum absolute atomic E-state index is 0.174. The van der Waals surface area contributed by atoms with Gasteiger partial charge >= 0.3 is 0 Å². The van der Waals surface area contributed by atoms with Crippen molar-refractivity contribution in [1.29, 1.82) is 0 Å². The summed E-state index contributed by atoms with van der Waals surface area (Å²) in [6.45, 7) is 5.53. The molecule has 2 fully saturated rings. The first-order valence-electron chi connectivity index (χ1n) is 7.69. The molecule has 6 heteroatoms. The summed E-state index contributed by atoms with van der Waals surface area (Å²) in [5.41, 5.74) is -1.29. The van der Waals surface area contributed by atoms with E-state index in [-0.39, 0.29) is 32.0 Å². The highest BCUT2D eigenvalue weighted by atomic mass is 19.2. The zero-order valence-electron chi connectivity index (χ0n) is 12.9. The van der Waals surface area contributed by atoms with Crippen molar-refractivity contribution in [1.82, 2.24) is 15.1 Å². The topological polar surface area (TPSA) is 9.72 Å². The van der Waals surface area contributed by atoms with E-state index >= 15 is 0 Å². The van der Waals surface area contributed by atoms with Crippen LogP contribution in [0.1, 0.15) is 39.5 Å². The van der Waals surface area contributed by atoms with E-state index in [1.165, 1.54) is 0 Å². The van der Waals surface area contributed by atoms with Gasteiger partial charge in [0.1, 0.15) is 5.67 Å². The van der Waals surface area contributed by atoms with Crippen molar-refractivity contribution in [2.24, 2.45) is 0 Å². The van der Waals surface area contributed by atoms with Gasteiger partial charge in [-0.2, -0.15) is 0 Å². The zero-order valence-corrected chi connectivity index (χ0v) is 12.9. The number of hydrogen-bond donors (Lipinski definition) is 0. The lowest BCUT2D eigenvalue weighted by atomic mass is 9.92. The molecule has 0 bridgehead atoms. The fraction of sp³-hybridized carbons (Fsp3) is 1.00. The Morgan fingerprint density at radius 2 is 1.45 bits per heavy atom. The predicted molar refractivity (Wildman–Crippen MR) is 75.4 cm³/mol. The Labute approximate surface area is 120 Å². The van der Waals surface area contributed by atoms with Crippen LogP contribution in [-0.4, -0.2) is 66.6 Å². The Morgan fingerprint density at radius 1 is 1.00 bits per heavy atom. The lowest BCUT2D eigenvalue weighted by Gasteiger charge is -2.39. The maximum Gasteiger partial charge on any atom is 0.126 e. The highest BCUT2D eigenvalue weighted by Crippen LogP contribution is 2.29. The number of hydrogen-bond acceptors (Lipinski definition) is 3. The zero-order chi connectivity index (χ0) is 15.2. The average Bonchev–Trinajstić information content (AvgIpc) is 2.45. The van der Waals surface area contributed by atoms with Crippen LogP contribution in [0, 0.1) is 0 Å². The molecule has 0 aliphatic carbocycles. The van der Waals surface area contributed by atoms with E-state index < -0.39 is 5.67 Å². The van der Waals surface area contributed by atoms with Crippen molar-refractivity contribution >= 4 is 0 Å². The number of nitrogens with zero attached hydrogens (tertiary/aromatic N) is 3. The van der Waals surface area contributed by atoms with Crippen molar-refractivity contribution in [3.8, 4) is 0 Å². The number of piperidine rings is 2. The molecule has 2 aliphatic heterocycles. The van der Waals surface area contributed by atoms with Gasteiger partial charge in [-0.05, 0) is 32.7 Å². The number of rotatable bonds is 3. The molecule has 2 heterocycles. The molecule has 0 aromatic heterocycles. The van der Waals surface area contributed by atoms with Gasteiger partial charge in [0.15, 0.2) is 0 Å². The first-order valence-corrected chi connectivity index (χ1v) is 7.69. The minimum atomic E-state index is -1.29. The van der Waals surface area contributed by atoms with Gasteiger partial charge in [0, 0.05) is 38.8 Å². The molecule has 0 unspecified atom stereocenters. The first-order chi connectivity index (χ1) is 9.48. The molecule has 3 nitrogen and oxygen atoms in total. The second kappa shape index (κ2) is 8.20. The highest BCUT2D eigenvalue weighted by molar-refractivity contribution is 4.89. The molecule has 0 aromatic rings. The van der Waals surface area contributed by atoms with Crippen molar-refractivity contribution in [3.63, 3.8) is 0 Å². The molecule has 120 valence electrons. The molecular weight excluding hydrogens is 267 g/mol. The van der Waals surface area contributed by atoms with Gasteiger partial charge in [-0.3, -0.25) is 0 Å². The Hall–Kier alpha value is -0.330. The minimum Gasteiger partial charge on any atom is -0.300 e. The smallest absolute Gasteiger partial charge is 0.126 e. The second-order valence-electron chi connectivity index (χ2n) is 5.62. The molecule has 0 radical (unpaired) electrons. The third-order valence-corrected chi connectivity index (χ3v) is 4.17. The van der Waals surface area contributed by atoms with Gasteiger partial charge in [-0.25, -0.2) is 4.39 Å². The Morgan fingerprint density at radius 3 is 1.95 bits per heavy atom. The molecule has 2 saturated heterocycles. The fourth-order valence-corrected chi connectivity index (χ4v) is 2.89. The summed E-state index contributed by atoms with van der Waals surface area (Å²) in [5.74, 6) is 0. The highest BCUT2D eigenvalue weighted by Gasteiger charge is 2.37. The van der Waals surface area contributed by atoms with Crippen LogP contribution in [0.25, 0.3) is 0 Å². The van der Waals surface area contributed by atoms with E-state index in [0.29, 0.717) is 24.8 Å². The van der Waals surface area contributed by atoms with Gasteiger partial charge in [0.05, 0.1) is 0 Å². The molecule has 0 saturated carbocycles. The van der Waals surface area contributed by atoms with Gasteiger partial charge in [-0.15, -0.1) is 19.2 Å². The summed E-state index contributed by atoms with van der Waals surface area (Å²) in [7, 11) is 1.89. The molecular formula is C14H28F3N3. The average molecular weight is 295 g/mol. The van der Waals surface area contributed by atoms with Crippen LogP contribution in [0.15, 0.2) is 0 Å². The van der Waals surface area contributed by atoms with Crippen molar-refractivity contribution < 1.29 is 13.4 Å². The normalized spacial score (nSPS) is 25.4. The molecule has 20 heavy (non-hydrogen) atoms. The van der Waals surface area contributed by atoms with Crippen LogP contribution >= 0.6 is 0 Å². The summed E-state index contributed by atoms with van der Waals surface area (Å²) in [4.78, 5) is 1.99. The van der Waals surface area contributed by atoms with Gasteiger partial charge < -0.3 is 4.90 Å². The standard InChI is InChI=1S/C12H22F3N3.C2H6/c1-16(11-2-6-17(14)7-3-11)10-12(13)4-8-18(15)9-5-12;1-2/h11H,2-10H2,1H3;1-2H3. The third kappa shape index (κ3) is 5.22. The summed E-state index contributed by atoms with van der Waals surface area (Å²) >= 11 is 0. The summed E-state index contributed by atoms with van der Waals surface area (Å²) in [6, 6.07) is 0.244.